The normalized spacial score (nSPS) is 15.0. The van der Waals surface area contributed by atoms with Gasteiger partial charge in [0, 0.05) is 16.6 Å². The monoisotopic (exact) mass is 431 g/mol. The van der Waals surface area contributed by atoms with Crippen molar-refractivity contribution in [2.75, 3.05) is 0 Å². The molecule has 0 aliphatic heterocycles. The fourth-order valence-corrected chi connectivity index (χ4v) is 4.53. The Morgan fingerprint density at radius 3 is 2.58 bits per heavy atom. The first-order valence-electron chi connectivity index (χ1n) is 10.4. The predicted octanol–water partition coefficient (Wildman–Crippen LogP) is 6.36. The number of aryl methyl sites for hydroxylation is 1. The first-order chi connectivity index (χ1) is 14.7. The van der Waals surface area contributed by atoms with Crippen LogP contribution in [-0.4, -0.2) is 16.1 Å². The molecule has 1 aromatic heterocycles. The van der Waals surface area contributed by atoms with Gasteiger partial charge in [0.15, 0.2) is 0 Å². The largest absolute Gasteiger partial charge is 0.489 e. The number of ether oxygens (including phenoxy) is 1. The number of aliphatic carboxylic acids is 1. The van der Waals surface area contributed by atoms with E-state index in [9.17, 15) is 18.0 Å². The number of hydrogen-bond donors (Lipinski definition) is 2. The summed E-state index contributed by atoms with van der Waals surface area (Å²) in [6.07, 6.45) is -0.981. The number of carboxylic acids is 1. The van der Waals surface area contributed by atoms with Gasteiger partial charge in [-0.25, -0.2) is 0 Å². The zero-order chi connectivity index (χ0) is 22.2. The number of aromatic amines is 1. The third kappa shape index (κ3) is 4.55. The summed E-state index contributed by atoms with van der Waals surface area (Å²) in [5.74, 6) is -0.484. The van der Waals surface area contributed by atoms with Crippen molar-refractivity contribution in [1.29, 1.82) is 0 Å². The Morgan fingerprint density at radius 1 is 1.16 bits per heavy atom. The van der Waals surface area contributed by atoms with Crippen molar-refractivity contribution >= 4 is 16.9 Å². The van der Waals surface area contributed by atoms with Gasteiger partial charge in [0.05, 0.1) is 12.0 Å². The second kappa shape index (κ2) is 8.29. The molecule has 4 rings (SSSR count). The molecule has 3 aromatic rings. The van der Waals surface area contributed by atoms with Gasteiger partial charge in [-0.1, -0.05) is 25.0 Å². The van der Waals surface area contributed by atoms with Crippen LogP contribution in [0.25, 0.3) is 10.9 Å². The molecule has 0 unspecified atom stereocenters. The summed E-state index contributed by atoms with van der Waals surface area (Å²) in [6.45, 7) is 1.81. The molecule has 0 saturated heterocycles. The quantitative estimate of drug-likeness (QED) is 0.477. The smallest absolute Gasteiger partial charge is 0.416 e. The maximum Gasteiger partial charge on any atom is 0.416 e. The highest BCUT2D eigenvalue weighted by Gasteiger charge is 2.36. The van der Waals surface area contributed by atoms with Crippen molar-refractivity contribution in [3.8, 4) is 5.75 Å². The molecule has 1 aliphatic rings. The van der Waals surface area contributed by atoms with Crippen LogP contribution in [0.1, 0.15) is 59.5 Å². The van der Waals surface area contributed by atoms with Gasteiger partial charge in [0.1, 0.15) is 12.4 Å². The van der Waals surface area contributed by atoms with Gasteiger partial charge in [-0.3, -0.25) is 4.79 Å². The van der Waals surface area contributed by atoms with E-state index in [1.807, 2.05) is 6.92 Å². The predicted molar refractivity (Wildman–Crippen MR) is 111 cm³/mol. The number of carbonyl (C=O) groups is 1. The molecule has 0 spiro atoms. The topological polar surface area (TPSA) is 62.3 Å². The van der Waals surface area contributed by atoms with Crippen molar-refractivity contribution < 1.29 is 27.8 Å². The summed E-state index contributed by atoms with van der Waals surface area (Å²) in [4.78, 5) is 14.3. The zero-order valence-corrected chi connectivity index (χ0v) is 17.2. The molecule has 31 heavy (non-hydrogen) atoms. The molecular formula is C24H24F3NO3. The van der Waals surface area contributed by atoms with Crippen LogP contribution in [0.3, 0.4) is 0 Å². The Balaban J connectivity index is 1.57. The Hall–Kier alpha value is -2.96. The van der Waals surface area contributed by atoms with Gasteiger partial charge in [0.2, 0.25) is 0 Å². The van der Waals surface area contributed by atoms with Crippen LogP contribution >= 0.6 is 0 Å². The van der Waals surface area contributed by atoms with E-state index in [2.05, 4.69) is 4.98 Å². The van der Waals surface area contributed by atoms with E-state index < -0.39 is 17.7 Å². The number of rotatable bonds is 6. The molecule has 1 heterocycles. The second-order valence-electron chi connectivity index (χ2n) is 8.20. The molecule has 164 valence electrons. The van der Waals surface area contributed by atoms with Crippen molar-refractivity contribution in [2.24, 2.45) is 0 Å². The minimum atomic E-state index is -4.40. The fourth-order valence-electron chi connectivity index (χ4n) is 4.53. The van der Waals surface area contributed by atoms with Crippen molar-refractivity contribution in [3.63, 3.8) is 0 Å². The van der Waals surface area contributed by atoms with E-state index in [0.29, 0.717) is 22.4 Å². The summed E-state index contributed by atoms with van der Waals surface area (Å²) in [5.41, 5.74) is 2.50. The Bertz CT molecular complexity index is 1110. The van der Waals surface area contributed by atoms with Crippen LogP contribution in [0.5, 0.6) is 5.75 Å². The van der Waals surface area contributed by atoms with E-state index in [4.69, 9.17) is 9.84 Å². The van der Waals surface area contributed by atoms with Gasteiger partial charge in [-0.05, 0) is 66.6 Å². The molecular weight excluding hydrogens is 407 g/mol. The molecule has 2 N–H and O–H groups in total. The standard InChI is InChI=1S/C24H24F3NO3/c1-14-19(12-23(29)30)20-11-17(7-9-22(20)28-14)31-13-15-6-8-18(16-4-2-3-5-16)21(10-15)24(25,26)27/h6-11,16,28H,2-5,12-13H2,1H3,(H,29,30). The molecule has 1 fully saturated rings. The van der Waals surface area contributed by atoms with Crippen molar-refractivity contribution in [3.05, 3.63) is 64.3 Å². The SMILES string of the molecule is Cc1[nH]c2ccc(OCc3ccc(C4CCCC4)c(C(F)(F)F)c3)cc2c1CC(=O)O. The Kier molecular flexibility index (Phi) is 5.69. The molecule has 7 heteroatoms. The van der Waals surface area contributed by atoms with Crippen LogP contribution in [0, 0.1) is 6.92 Å². The van der Waals surface area contributed by atoms with E-state index in [1.165, 1.54) is 6.07 Å². The Morgan fingerprint density at radius 2 is 1.90 bits per heavy atom. The number of hydrogen-bond acceptors (Lipinski definition) is 2. The number of fused-ring (bicyclic) bond motifs is 1. The van der Waals surface area contributed by atoms with Crippen molar-refractivity contribution in [2.45, 2.75) is 57.7 Å². The van der Waals surface area contributed by atoms with Crippen molar-refractivity contribution in [1.82, 2.24) is 4.98 Å². The van der Waals surface area contributed by atoms with E-state index >= 15 is 0 Å². The summed E-state index contributed by atoms with van der Waals surface area (Å²) >= 11 is 0. The molecule has 0 amide bonds. The summed E-state index contributed by atoms with van der Waals surface area (Å²) in [6, 6.07) is 9.74. The third-order valence-electron chi connectivity index (χ3n) is 6.04. The second-order valence-corrected chi connectivity index (χ2v) is 8.20. The number of nitrogens with one attached hydrogen (secondary N) is 1. The number of alkyl halides is 3. The van der Waals surface area contributed by atoms with E-state index in [1.54, 1.807) is 30.3 Å². The van der Waals surface area contributed by atoms with E-state index in [0.717, 1.165) is 42.3 Å². The van der Waals surface area contributed by atoms with Crippen LogP contribution in [0.4, 0.5) is 13.2 Å². The van der Waals surface area contributed by atoms with Gasteiger partial charge in [-0.2, -0.15) is 13.2 Å². The summed E-state index contributed by atoms with van der Waals surface area (Å²) in [7, 11) is 0. The summed E-state index contributed by atoms with van der Waals surface area (Å²) < 4.78 is 46.8. The van der Waals surface area contributed by atoms with Crippen LogP contribution in [0.15, 0.2) is 36.4 Å². The number of H-pyrrole nitrogens is 1. The lowest BCUT2D eigenvalue weighted by molar-refractivity contribution is -0.138. The van der Waals surface area contributed by atoms with Gasteiger partial charge < -0.3 is 14.8 Å². The third-order valence-corrected chi connectivity index (χ3v) is 6.04. The highest BCUT2D eigenvalue weighted by molar-refractivity contribution is 5.89. The minimum absolute atomic E-state index is 0.00278. The lowest BCUT2D eigenvalue weighted by Crippen LogP contribution is -2.12. The zero-order valence-electron chi connectivity index (χ0n) is 17.2. The summed E-state index contributed by atoms with van der Waals surface area (Å²) in [5, 5.41) is 9.89. The van der Waals surface area contributed by atoms with Gasteiger partial charge in [0.25, 0.3) is 0 Å². The number of benzene rings is 2. The van der Waals surface area contributed by atoms with Gasteiger partial charge >= 0.3 is 12.1 Å². The molecule has 1 aliphatic carbocycles. The highest BCUT2D eigenvalue weighted by atomic mass is 19.4. The maximum absolute atomic E-state index is 13.7. The molecule has 4 nitrogen and oxygen atoms in total. The molecule has 0 bridgehead atoms. The van der Waals surface area contributed by atoms with Gasteiger partial charge in [-0.15, -0.1) is 0 Å². The molecule has 0 radical (unpaired) electrons. The van der Waals surface area contributed by atoms with Crippen LogP contribution in [-0.2, 0) is 24.0 Å². The molecule has 0 atom stereocenters. The highest BCUT2D eigenvalue weighted by Crippen LogP contribution is 2.42. The minimum Gasteiger partial charge on any atom is -0.489 e. The van der Waals surface area contributed by atoms with Crippen LogP contribution < -0.4 is 4.74 Å². The maximum atomic E-state index is 13.7. The fraction of sp³-hybridized carbons (Fsp3) is 0.375. The number of halogens is 3. The first kappa shape index (κ1) is 21.3. The molecule has 1 saturated carbocycles. The number of aromatic nitrogens is 1. The average molecular weight is 431 g/mol. The lowest BCUT2D eigenvalue weighted by atomic mass is 9.91. The molecule has 2 aromatic carbocycles. The first-order valence-corrected chi connectivity index (χ1v) is 10.4. The lowest BCUT2D eigenvalue weighted by Gasteiger charge is -2.19. The van der Waals surface area contributed by atoms with E-state index in [-0.39, 0.29) is 18.9 Å². The number of carboxylic acid groups (broad SMARTS) is 1. The Labute approximate surface area is 178 Å². The van der Waals surface area contributed by atoms with Crippen LogP contribution in [0.2, 0.25) is 0 Å². The average Bonchev–Trinajstić information content (AvgIpc) is 3.34.